The minimum atomic E-state index is -0.990. The van der Waals surface area contributed by atoms with Crippen LogP contribution in [0.1, 0.15) is 23.1 Å². The van der Waals surface area contributed by atoms with Crippen LogP contribution >= 0.6 is 11.6 Å². The fraction of sp³-hybridized carbons (Fsp3) is 0.263. The Labute approximate surface area is 146 Å². The number of halogens is 1. The monoisotopic (exact) mass is 345 g/mol. The van der Waals surface area contributed by atoms with Crippen molar-refractivity contribution in [2.75, 3.05) is 5.32 Å². The third kappa shape index (κ3) is 5.39. The van der Waals surface area contributed by atoms with E-state index in [2.05, 4.69) is 5.32 Å². The number of anilines is 1. The second-order valence-corrected chi connectivity index (χ2v) is 6.43. The van der Waals surface area contributed by atoms with Crippen molar-refractivity contribution in [2.24, 2.45) is 5.92 Å². The van der Waals surface area contributed by atoms with Crippen molar-refractivity contribution < 1.29 is 14.7 Å². The van der Waals surface area contributed by atoms with Crippen molar-refractivity contribution in [1.29, 1.82) is 0 Å². The standard InChI is InChI=1S/C19H20ClNO3/c1-12-7-13(2)9-14(8-12)10-15(11-18(22)23)19(24)21-17-5-3-16(20)4-6-17/h3-9,15H,10-11H2,1-2H3,(H,21,24)(H,22,23). The number of rotatable bonds is 6. The van der Waals surface area contributed by atoms with Crippen LogP contribution in [0.5, 0.6) is 0 Å². The number of carbonyl (C=O) groups excluding carboxylic acids is 1. The zero-order chi connectivity index (χ0) is 17.7. The van der Waals surface area contributed by atoms with Crippen LogP contribution in [-0.2, 0) is 16.0 Å². The number of benzene rings is 2. The summed E-state index contributed by atoms with van der Waals surface area (Å²) in [5.74, 6) is -1.94. The van der Waals surface area contributed by atoms with Gasteiger partial charge in [-0.05, 0) is 50.1 Å². The highest BCUT2D eigenvalue weighted by atomic mass is 35.5. The van der Waals surface area contributed by atoms with Crippen molar-refractivity contribution in [2.45, 2.75) is 26.7 Å². The first-order valence-electron chi connectivity index (χ1n) is 7.69. The highest BCUT2D eigenvalue weighted by molar-refractivity contribution is 6.30. The molecule has 0 radical (unpaired) electrons. The quantitative estimate of drug-likeness (QED) is 0.823. The normalized spacial score (nSPS) is 11.8. The van der Waals surface area contributed by atoms with Gasteiger partial charge in [-0.15, -0.1) is 0 Å². The Morgan fingerprint density at radius 1 is 1.08 bits per heavy atom. The number of hydrogen-bond acceptors (Lipinski definition) is 2. The number of carbonyl (C=O) groups is 2. The lowest BCUT2D eigenvalue weighted by molar-refractivity contribution is -0.140. The van der Waals surface area contributed by atoms with Crippen molar-refractivity contribution in [3.63, 3.8) is 0 Å². The Balaban J connectivity index is 2.15. The van der Waals surface area contributed by atoms with Crippen molar-refractivity contribution >= 4 is 29.2 Å². The molecule has 1 amide bonds. The zero-order valence-corrected chi connectivity index (χ0v) is 14.4. The molecule has 0 aliphatic rings. The lowest BCUT2D eigenvalue weighted by atomic mass is 9.93. The average Bonchev–Trinajstić information content (AvgIpc) is 2.47. The van der Waals surface area contributed by atoms with Crippen molar-refractivity contribution in [1.82, 2.24) is 0 Å². The van der Waals surface area contributed by atoms with Crippen LogP contribution < -0.4 is 5.32 Å². The number of amides is 1. The molecule has 24 heavy (non-hydrogen) atoms. The highest BCUT2D eigenvalue weighted by Crippen LogP contribution is 2.19. The van der Waals surface area contributed by atoms with Gasteiger partial charge in [0.15, 0.2) is 0 Å². The largest absolute Gasteiger partial charge is 0.481 e. The number of aliphatic carboxylic acids is 1. The van der Waals surface area contributed by atoms with Gasteiger partial charge in [-0.1, -0.05) is 40.9 Å². The van der Waals surface area contributed by atoms with E-state index in [0.29, 0.717) is 17.1 Å². The maximum absolute atomic E-state index is 12.5. The third-order valence-electron chi connectivity index (χ3n) is 3.67. The number of nitrogens with one attached hydrogen (secondary N) is 1. The van der Waals surface area contributed by atoms with E-state index in [4.69, 9.17) is 16.7 Å². The van der Waals surface area contributed by atoms with E-state index < -0.39 is 11.9 Å². The summed E-state index contributed by atoms with van der Waals surface area (Å²) in [6.07, 6.45) is 0.167. The molecule has 0 heterocycles. The number of aryl methyl sites for hydroxylation is 2. The molecule has 0 fully saturated rings. The molecule has 126 valence electrons. The Morgan fingerprint density at radius 3 is 2.21 bits per heavy atom. The lowest BCUT2D eigenvalue weighted by Gasteiger charge is -2.16. The summed E-state index contributed by atoms with van der Waals surface area (Å²) in [5.41, 5.74) is 3.75. The van der Waals surface area contributed by atoms with Crippen molar-refractivity contribution in [3.05, 3.63) is 64.2 Å². The summed E-state index contributed by atoms with van der Waals surface area (Å²) < 4.78 is 0. The minimum absolute atomic E-state index is 0.216. The van der Waals surface area contributed by atoms with Crippen LogP contribution in [0.15, 0.2) is 42.5 Å². The van der Waals surface area contributed by atoms with E-state index >= 15 is 0 Å². The van der Waals surface area contributed by atoms with Crippen LogP contribution in [0.2, 0.25) is 5.02 Å². The Morgan fingerprint density at radius 2 is 1.67 bits per heavy atom. The second-order valence-electron chi connectivity index (χ2n) is 5.99. The van der Waals surface area contributed by atoms with Crippen LogP contribution in [0.25, 0.3) is 0 Å². The van der Waals surface area contributed by atoms with Crippen LogP contribution in [0.4, 0.5) is 5.69 Å². The fourth-order valence-electron chi connectivity index (χ4n) is 2.72. The molecule has 4 nitrogen and oxygen atoms in total. The van der Waals surface area contributed by atoms with E-state index in [1.165, 1.54) is 0 Å². The summed E-state index contributed by atoms with van der Waals surface area (Å²) in [5, 5.41) is 12.5. The Hall–Kier alpha value is -2.33. The molecule has 0 spiro atoms. The van der Waals surface area contributed by atoms with Gasteiger partial charge in [-0.3, -0.25) is 9.59 Å². The maximum atomic E-state index is 12.5. The van der Waals surface area contributed by atoms with E-state index in [0.717, 1.165) is 16.7 Å². The van der Waals surface area contributed by atoms with Gasteiger partial charge in [0.05, 0.1) is 12.3 Å². The van der Waals surface area contributed by atoms with Crippen LogP contribution in [0.3, 0.4) is 0 Å². The van der Waals surface area contributed by atoms with Gasteiger partial charge < -0.3 is 10.4 Å². The van der Waals surface area contributed by atoms with Crippen molar-refractivity contribution in [3.8, 4) is 0 Å². The van der Waals surface area contributed by atoms with E-state index in [-0.39, 0.29) is 12.3 Å². The fourth-order valence-corrected chi connectivity index (χ4v) is 2.84. The first kappa shape index (κ1) is 18.0. The molecule has 0 saturated heterocycles. The van der Waals surface area contributed by atoms with Gasteiger partial charge >= 0.3 is 5.97 Å². The molecular weight excluding hydrogens is 326 g/mol. The van der Waals surface area contributed by atoms with E-state index in [1.54, 1.807) is 24.3 Å². The molecular formula is C19H20ClNO3. The van der Waals surface area contributed by atoms with Crippen LogP contribution in [-0.4, -0.2) is 17.0 Å². The third-order valence-corrected chi connectivity index (χ3v) is 3.92. The van der Waals surface area contributed by atoms with E-state index in [1.807, 2.05) is 32.0 Å². The molecule has 1 unspecified atom stereocenters. The Bertz CT molecular complexity index is 721. The SMILES string of the molecule is Cc1cc(C)cc(CC(CC(=O)O)C(=O)Nc2ccc(Cl)cc2)c1. The second kappa shape index (κ2) is 7.97. The number of hydrogen-bond donors (Lipinski definition) is 2. The maximum Gasteiger partial charge on any atom is 0.304 e. The van der Waals surface area contributed by atoms with Crippen LogP contribution in [0, 0.1) is 19.8 Å². The molecule has 0 aliphatic heterocycles. The molecule has 0 saturated carbocycles. The smallest absolute Gasteiger partial charge is 0.304 e. The molecule has 2 N–H and O–H groups in total. The average molecular weight is 346 g/mol. The Kier molecular flexibility index (Phi) is 5.99. The lowest BCUT2D eigenvalue weighted by Crippen LogP contribution is -2.27. The van der Waals surface area contributed by atoms with Gasteiger partial charge in [0.1, 0.15) is 0 Å². The molecule has 0 bridgehead atoms. The zero-order valence-electron chi connectivity index (χ0n) is 13.7. The molecule has 5 heteroatoms. The molecule has 0 aromatic heterocycles. The van der Waals surface area contributed by atoms with Gasteiger partial charge in [-0.25, -0.2) is 0 Å². The molecule has 2 rings (SSSR count). The first-order valence-corrected chi connectivity index (χ1v) is 8.06. The van der Waals surface area contributed by atoms with Gasteiger partial charge in [0, 0.05) is 10.7 Å². The summed E-state index contributed by atoms with van der Waals surface area (Å²) in [6.45, 7) is 3.97. The van der Waals surface area contributed by atoms with Gasteiger partial charge in [0.2, 0.25) is 5.91 Å². The summed E-state index contributed by atoms with van der Waals surface area (Å²) in [7, 11) is 0. The number of carboxylic acid groups (broad SMARTS) is 1. The highest BCUT2D eigenvalue weighted by Gasteiger charge is 2.22. The predicted octanol–water partition coefficient (Wildman–Crippen LogP) is 4.23. The summed E-state index contributed by atoms with van der Waals surface area (Å²) >= 11 is 5.83. The molecule has 0 aliphatic carbocycles. The van der Waals surface area contributed by atoms with Gasteiger partial charge in [-0.2, -0.15) is 0 Å². The minimum Gasteiger partial charge on any atom is -0.481 e. The summed E-state index contributed by atoms with van der Waals surface area (Å²) in [4.78, 5) is 23.6. The number of carboxylic acids is 1. The topological polar surface area (TPSA) is 66.4 Å². The first-order chi connectivity index (χ1) is 11.3. The molecule has 2 aromatic rings. The van der Waals surface area contributed by atoms with Gasteiger partial charge in [0.25, 0.3) is 0 Å². The molecule has 2 aromatic carbocycles. The van der Waals surface area contributed by atoms with E-state index in [9.17, 15) is 9.59 Å². The predicted molar refractivity (Wildman–Crippen MR) is 95.4 cm³/mol. The molecule has 1 atom stereocenters. The summed E-state index contributed by atoms with van der Waals surface area (Å²) in [6, 6.07) is 12.7.